The average molecular weight is 266 g/mol. The largest absolute Gasteiger partial charge is 0.380 e. The molecular formula is C14H26N4O. The van der Waals surface area contributed by atoms with Crippen molar-refractivity contribution in [1.29, 1.82) is 0 Å². The minimum atomic E-state index is 0.374. The van der Waals surface area contributed by atoms with Gasteiger partial charge >= 0.3 is 0 Å². The van der Waals surface area contributed by atoms with Crippen LogP contribution < -0.4 is 5.32 Å². The number of rotatable bonds is 8. The molecule has 0 radical (unpaired) electrons. The van der Waals surface area contributed by atoms with Gasteiger partial charge in [-0.3, -0.25) is 4.68 Å². The van der Waals surface area contributed by atoms with Crippen molar-refractivity contribution in [2.45, 2.75) is 39.3 Å². The second-order valence-electron chi connectivity index (χ2n) is 5.03. The maximum Gasteiger partial charge on any atom is 0.0748 e. The van der Waals surface area contributed by atoms with Gasteiger partial charge in [-0.15, -0.1) is 0 Å². The van der Waals surface area contributed by atoms with Crippen molar-refractivity contribution >= 4 is 5.69 Å². The van der Waals surface area contributed by atoms with E-state index in [-0.39, 0.29) is 0 Å². The number of nitrogens with one attached hydrogen (secondary N) is 1. The van der Waals surface area contributed by atoms with Gasteiger partial charge in [0.2, 0.25) is 0 Å². The molecule has 5 heteroatoms. The highest BCUT2D eigenvalue weighted by Gasteiger charge is 2.14. The summed E-state index contributed by atoms with van der Waals surface area (Å²) in [5.41, 5.74) is 1.09. The van der Waals surface area contributed by atoms with E-state index in [1.54, 1.807) is 0 Å². The van der Waals surface area contributed by atoms with Crippen LogP contribution in [-0.2, 0) is 11.3 Å². The lowest BCUT2D eigenvalue weighted by Gasteiger charge is -2.17. The lowest BCUT2D eigenvalue weighted by Crippen LogP contribution is -2.27. The van der Waals surface area contributed by atoms with Crippen molar-refractivity contribution in [3.63, 3.8) is 0 Å². The van der Waals surface area contributed by atoms with Crippen molar-refractivity contribution in [2.24, 2.45) is 0 Å². The monoisotopic (exact) mass is 266 g/mol. The van der Waals surface area contributed by atoms with E-state index in [2.05, 4.69) is 35.4 Å². The lowest BCUT2D eigenvalue weighted by molar-refractivity contribution is 0.120. The van der Waals surface area contributed by atoms with E-state index < -0.39 is 0 Å². The summed E-state index contributed by atoms with van der Waals surface area (Å²) in [6.45, 7) is 10.4. The molecule has 1 aromatic rings. The summed E-state index contributed by atoms with van der Waals surface area (Å²) in [6.07, 6.45) is 6.72. The maximum absolute atomic E-state index is 5.59. The molecule has 1 aromatic heterocycles. The van der Waals surface area contributed by atoms with Crippen LogP contribution in [0.15, 0.2) is 12.4 Å². The topological polar surface area (TPSA) is 42.3 Å². The smallest absolute Gasteiger partial charge is 0.0748 e. The number of anilines is 1. The van der Waals surface area contributed by atoms with E-state index in [1.165, 1.54) is 12.8 Å². The Kier molecular flexibility index (Phi) is 5.66. The highest BCUT2D eigenvalue weighted by Crippen LogP contribution is 2.13. The molecule has 1 fully saturated rings. The molecule has 1 unspecified atom stereocenters. The van der Waals surface area contributed by atoms with Gasteiger partial charge < -0.3 is 15.0 Å². The standard InChI is InChI=1S/C14H26N4O/c1-3-17(4-2)7-8-18-12-13(10-16-18)15-11-14-6-5-9-19-14/h10,12,14-15H,3-9,11H2,1-2H3. The fourth-order valence-corrected chi connectivity index (χ4v) is 2.40. The second kappa shape index (κ2) is 7.50. The number of ether oxygens (including phenoxy) is 1. The minimum absolute atomic E-state index is 0.374. The molecule has 5 nitrogen and oxygen atoms in total. The van der Waals surface area contributed by atoms with Crippen molar-refractivity contribution in [1.82, 2.24) is 14.7 Å². The number of nitrogens with zero attached hydrogens (tertiary/aromatic N) is 3. The number of aromatic nitrogens is 2. The van der Waals surface area contributed by atoms with Gasteiger partial charge in [0.05, 0.1) is 24.5 Å². The zero-order valence-electron chi connectivity index (χ0n) is 12.1. The SMILES string of the molecule is CCN(CC)CCn1cc(NCC2CCCO2)cn1. The highest BCUT2D eigenvalue weighted by atomic mass is 16.5. The Balaban J connectivity index is 1.71. The summed E-state index contributed by atoms with van der Waals surface area (Å²) in [5.74, 6) is 0. The zero-order valence-corrected chi connectivity index (χ0v) is 12.1. The average Bonchev–Trinajstić information content (AvgIpc) is 3.09. The van der Waals surface area contributed by atoms with E-state index in [0.29, 0.717) is 6.10 Å². The highest BCUT2D eigenvalue weighted by molar-refractivity contribution is 5.38. The molecule has 1 aliphatic heterocycles. The van der Waals surface area contributed by atoms with Crippen LogP contribution in [0.3, 0.4) is 0 Å². The van der Waals surface area contributed by atoms with Gasteiger partial charge in [-0.1, -0.05) is 13.8 Å². The van der Waals surface area contributed by atoms with Gasteiger partial charge in [0.1, 0.15) is 0 Å². The summed E-state index contributed by atoms with van der Waals surface area (Å²) in [5, 5.41) is 7.79. The van der Waals surface area contributed by atoms with E-state index in [1.807, 2.05) is 10.9 Å². The first-order chi connectivity index (χ1) is 9.31. The Morgan fingerprint density at radius 3 is 3.00 bits per heavy atom. The van der Waals surface area contributed by atoms with Crippen LogP contribution in [0.5, 0.6) is 0 Å². The summed E-state index contributed by atoms with van der Waals surface area (Å²) in [4.78, 5) is 2.40. The molecule has 0 saturated carbocycles. The molecule has 2 rings (SSSR count). The zero-order chi connectivity index (χ0) is 13.5. The fraction of sp³-hybridized carbons (Fsp3) is 0.786. The van der Waals surface area contributed by atoms with Crippen LogP contribution in [0, 0.1) is 0 Å². The van der Waals surface area contributed by atoms with Gasteiger partial charge in [-0.25, -0.2) is 0 Å². The molecule has 1 atom stereocenters. The van der Waals surface area contributed by atoms with E-state index in [0.717, 1.165) is 45.0 Å². The Bertz CT molecular complexity index is 336. The molecule has 1 N–H and O–H groups in total. The predicted octanol–water partition coefficient (Wildman–Crippen LogP) is 1.82. The molecule has 0 amide bonds. The van der Waals surface area contributed by atoms with Crippen LogP contribution in [0.2, 0.25) is 0 Å². The van der Waals surface area contributed by atoms with Crippen molar-refractivity contribution in [2.75, 3.05) is 38.1 Å². The van der Waals surface area contributed by atoms with Crippen LogP contribution in [-0.4, -0.2) is 53.6 Å². The third-order valence-electron chi connectivity index (χ3n) is 3.73. The quantitative estimate of drug-likeness (QED) is 0.779. The molecule has 0 aliphatic carbocycles. The number of hydrogen-bond donors (Lipinski definition) is 1. The summed E-state index contributed by atoms with van der Waals surface area (Å²) >= 11 is 0. The Hall–Kier alpha value is -1.07. The van der Waals surface area contributed by atoms with Crippen LogP contribution in [0.1, 0.15) is 26.7 Å². The van der Waals surface area contributed by atoms with Crippen LogP contribution >= 0.6 is 0 Å². The van der Waals surface area contributed by atoms with Crippen LogP contribution in [0.4, 0.5) is 5.69 Å². The Morgan fingerprint density at radius 1 is 1.47 bits per heavy atom. The maximum atomic E-state index is 5.59. The molecule has 2 heterocycles. The number of hydrogen-bond acceptors (Lipinski definition) is 4. The molecule has 1 saturated heterocycles. The number of likely N-dealkylation sites (N-methyl/N-ethyl adjacent to an activating group) is 1. The van der Waals surface area contributed by atoms with E-state index in [4.69, 9.17) is 4.74 Å². The summed E-state index contributed by atoms with van der Waals surface area (Å²) in [6, 6.07) is 0. The fourth-order valence-electron chi connectivity index (χ4n) is 2.40. The molecule has 19 heavy (non-hydrogen) atoms. The molecule has 0 bridgehead atoms. The molecule has 0 spiro atoms. The Morgan fingerprint density at radius 2 is 2.32 bits per heavy atom. The van der Waals surface area contributed by atoms with Crippen LogP contribution in [0.25, 0.3) is 0 Å². The van der Waals surface area contributed by atoms with Crippen molar-refractivity contribution < 1.29 is 4.74 Å². The van der Waals surface area contributed by atoms with Gasteiger partial charge in [0.25, 0.3) is 0 Å². The second-order valence-corrected chi connectivity index (χ2v) is 5.03. The van der Waals surface area contributed by atoms with Gasteiger partial charge in [-0.2, -0.15) is 5.10 Å². The van der Waals surface area contributed by atoms with Gasteiger partial charge in [-0.05, 0) is 25.9 Å². The van der Waals surface area contributed by atoms with E-state index >= 15 is 0 Å². The third-order valence-corrected chi connectivity index (χ3v) is 3.73. The molecule has 108 valence electrons. The lowest BCUT2D eigenvalue weighted by atomic mass is 10.2. The summed E-state index contributed by atoms with van der Waals surface area (Å²) in [7, 11) is 0. The van der Waals surface area contributed by atoms with Gasteiger partial charge in [0.15, 0.2) is 0 Å². The van der Waals surface area contributed by atoms with Crippen molar-refractivity contribution in [3.05, 3.63) is 12.4 Å². The predicted molar refractivity (Wildman–Crippen MR) is 77.5 cm³/mol. The van der Waals surface area contributed by atoms with Crippen molar-refractivity contribution in [3.8, 4) is 0 Å². The summed E-state index contributed by atoms with van der Waals surface area (Å²) < 4.78 is 7.60. The first-order valence-electron chi connectivity index (χ1n) is 7.42. The first-order valence-corrected chi connectivity index (χ1v) is 7.42. The third kappa shape index (κ3) is 4.51. The van der Waals surface area contributed by atoms with E-state index in [9.17, 15) is 0 Å². The molecule has 1 aliphatic rings. The normalized spacial score (nSPS) is 19.2. The minimum Gasteiger partial charge on any atom is -0.380 e. The Labute approximate surface area is 115 Å². The molecule has 0 aromatic carbocycles. The first kappa shape index (κ1) is 14.3. The van der Waals surface area contributed by atoms with Gasteiger partial charge in [0, 0.05) is 25.9 Å². The molecular weight excluding hydrogens is 240 g/mol.